The van der Waals surface area contributed by atoms with E-state index in [1.54, 1.807) is 6.07 Å². The molecule has 1 aromatic heterocycles. The topological polar surface area (TPSA) is 40.2 Å². The summed E-state index contributed by atoms with van der Waals surface area (Å²) < 4.78 is 14.9. The van der Waals surface area contributed by atoms with Crippen LogP contribution >= 0.6 is 0 Å². The number of aryl methyl sites for hydroxylation is 2. The molecule has 0 atom stereocenters. The van der Waals surface area contributed by atoms with Crippen molar-refractivity contribution in [1.29, 1.82) is 0 Å². The van der Waals surface area contributed by atoms with Crippen LogP contribution in [0.25, 0.3) is 10.9 Å². The highest BCUT2D eigenvalue weighted by Gasteiger charge is 2.25. The average Bonchev–Trinajstić information content (AvgIpc) is 2.73. The van der Waals surface area contributed by atoms with Gasteiger partial charge in [-0.1, -0.05) is 29.8 Å². The third-order valence-corrected chi connectivity index (χ3v) is 6.06. The van der Waals surface area contributed by atoms with E-state index in [9.17, 15) is 4.39 Å². The van der Waals surface area contributed by atoms with Gasteiger partial charge in [-0.15, -0.1) is 0 Å². The second-order valence-corrected chi connectivity index (χ2v) is 10.2. The van der Waals surface area contributed by atoms with E-state index >= 15 is 0 Å². The molecule has 1 fully saturated rings. The van der Waals surface area contributed by atoms with Gasteiger partial charge >= 0.3 is 0 Å². The van der Waals surface area contributed by atoms with E-state index in [2.05, 4.69) is 84.6 Å². The second kappa shape index (κ2) is 9.07. The van der Waals surface area contributed by atoms with Gasteiger partial charge in [-0.25, -0.2) is 9.37 Å². The molecule has 5 heteroatoms. The Morgan fingerprint density at radius 1 is 1.00 bits per heavy atom. The van der Waals surface area contributed by atoms with Crippen LogP contribution in [0.4, 0.5) is 15.9 Å². The van der Waals surface area contributed by atoms with Gasteiger partial charge in [0.1, 0.15) is 17.2 Å². The Morgan fingerprint density at radius 2 is 1.69 bits per heavy atom. The molecule has 1 aliphatic heterocycles. The fourth-order valence-corrected chi connectivity index (χ4v) is 4.53. The van der Waals surface area contributed by atoms with Crippen molar-refractivity contribution in [2.45, 2.75) is 65.6 Å². The van der Waals surface area contributed by atoms with Gasteiger partial charge in [0.25, 0.3) is 0 Å². The summed E-state index contributed by atoms with van der Waals surface area (Å²) >= 11 is 0. The first-order chi connectivity index (χ1) is 15.2. The van der Waals surface area contributed by atoms with E-state index < -0.39 is 0 Å². The summed E-state index contributed by atoms with van der Waals surface area (Å²) in [5.41, 5.74) is 4.96. The van der Waals surface area contributed by atoms with E-state index in [0.29, 0.717) is 23.9 Å². The lowest BCUT2D eigenvalue weighted by molar-refractivity contribution is 0.317. The number of nitrogens with one attached hydrogen (secondary N) is 2. The van der Waals surface area contributed by atoms with Gasteiger partial charge in [0.05, 0.1) is 0 Å². The summed E-state index contributed by atoms with van der Waals surface area (Å²) in [6.45, 7) is 13.2. The number of fused-ring (bicyclic) bond motifs is 1. The Hall–Kier alpha value is -2.66. The highest BCUT2D eigenvalue weighted by Crippen LogP contribution is 2.33. The Balaban J connectivity index is 1.61. The number of anilines is 2. The van der Waals surface area contributed by atoms with Gasteiger partial charge in [0, 0.05) is 48.4 Å². The van der Waals surface area contributed by atoms with E-state index in [0.717, 1.165) is 42.6 Å². The number of nitrogens with zero attached hydrogens (tertiary/aromatic N) is 2. The van der Waals surface area contributed by atoms with Crippen LogP contribution in [0, 0.1) is 19.7 Å². The molecule has 0 saturated carbocycles. The van der Waals surface area contributed by atoms with Crippen LogP contribution < -0.4 is 15.5 Å². The number of piperidine rings is 1. The molecule has 4 rings (SSSR count). The summed E-state index contributed by atoms with van der Waals surface area (Å²) in [6, 6.07) is 14.7. The number of aromatic nitrogens is 1. The minimum absolute atomic E-state index is 0.115. The van der Waals surface area contributed by atoms with Gasteiger partial charge in [-0.05, 0) is 70.7 Å². The Bertz CT molecular complexity index is 1080. The molecule has 0 amide bonds. The molecule has 1 aliphatic rings. The highest BCUT2D eigenvalue weighted by atomic mass is 19.1. The monoisotopic (exact) mass is 434 g/mol. The maximum atomic E-state index is 14.9. The Labute approximate surface area is 191 Å². The van der Waals surface area contributed by atoms with Crippen molar-refractivity contribution >= 4 is 22.4 Å². The van der Waals surface area contributed by atoms with Gasteiger partial charge in [-0.3, -0.25) is 0 Å². The van der Waals surface area contributed by atoms with Crippen LogP contribution in [-0.2, 0) is 6.54 Å². The molecule has 2 heterocycles. The summed E-state index contributed by atoms with van der Waals surface area (Å²) in [4.78, 5) is 7.03. The van der Waals surface area contributed by atoms with E-state index in [-0.39, 0.29) is 11.4 Å². The molecule has 3 aromatic rings. The van der Waals surface area contributed by atoms with Crippen LogP contribution in [0.1, 0.15) is 50.3 Å². The SMILES string of the molecule is Cc1ccc(CNc2cc(N3CCC(NC(C)(C)C)CC3)c3cc(C)cc(F)c3n2)cc1. The zero-order valence-corrected chi connectivity index (χ0v) is 19.9. The molecule has 4 nitrogen and oxygen atoms in total. The molecule has 2 N–H and O–H groups in total. The summed E-state index contributed by atoms with van der Waals surface area (Å²) in [6.07, 6.45) is 2.14. The zero-order valence-electron chi connectivity index (χ0n) is 19.9. The lowest BCUT2D eigenvalue weighted by Gasteiger charge is -2.37. The predicted molar refractivity (Wildman–Crippen MR) is 133 cm³/mol. The van der Waals surface area contributed by atoms with Gasteiger partial charge in [0.15, 0.2) is 0 Å². The lowest BCUT2D eigenvalue weighted by atomic mass is 9.99. The van der Waals surface area contributed by atoms with Crippen LogP contribution in [0.5, 0.6) is 0 Å². The molecule has 0 spiro atoms. The van der Waals surface area contributed by atoms with Crippen molar-refractivity contribution in [1.82, 2.24) is 10.3 Å². The van der Waals surface area contributed by atoms with E-state index in [1.165, 1.54) is 11.1 Å². The fourth-order valence-electron chi connectivity index (χ4n) is 4.53. The molecular formula is C27H35FN4. The predicted octanol–water partition coefficient (Wildman–Crippen LogP) is 5.96. The molecular weight excluding hydrogens is 399 g/mol. The smallest absolute Gasteiger partial charge is 0.149 e. The highest BCUT2D eigenvalue weighted by molar-refractivity contribution is 5.94. The number of benzene rings is 2. The van der Waals surface area contributed by atoms with E-state index in [4.69, 9.17) is 0 Å². The minimum Gasteiger partial charge on any atom is -0.371 e. The third-order valence-electron chi connectivity index (χ3n) is 6.06. The number of hydrogen-bond donors (Lipinski definition) is 2. The maximum Gasteiger partial charge on any atom is 0.149 e. The summed E-state index contributed by atoms with van der Waals surface area (Å²) in [5, 5.41) is 8.04. The molecule has 0 radical (unpaired) electrons. The Morgan fingerprint density at radius 3 is 2.34 bits per heavy atom. The van der Waals surface area contributed by atoms with Crippen molar-refractivity contribution in [3.8, 4) is 0 Å². The van der Waals surface area contributed by atoms with Crippen LogP contribution in [0.2, 0.25) is 0 Å². The fraction of sp³-hybridized carbons (Fsp3) is 0.444. The standard InChI is InChI=1S/C27H35FN4/c1-18-6-8-20(9-7-18)17-29-25-16-24(22-14-19(2)15-23(28)26(22)30-25)32-12-10-21(11-13-32)31-27(3,4)5/h6-9,14-16,21,31H,10-13,17H2,1-5H3,(H,29,30). The van der Waals surface area contributed by atoms with E-state index in [1.807, 2.05) is 6.92 Å². The molecule has 32 heavy (non-hydrogen) atoms. The molecule has 0 unspecified atom stereocenters. The molecule has 170 valence electrons. The summed E-state index contributed by atoms with van der Waals surface area (Å²) in [5.74, 6) is 0.454. The van der Waals surface area contributed by atoms with Crippen molar-refractivity contribution in [2.24, 2.45) is 0 Å². The van der Waals surface area contributed by atoms with Crippen LogP contribution in [0.3, 0.4) is 0 Å². The quantitative estimate of drug-likeness (QED) is 0.520. The molecule has 0 bridgehead atoms. The van der Waals surface area contributed by atoms with Crippen molar-refractivity contribution < 1.29 is 4.39 Å². The minimum atomic E-state index is -0.260. The normalized spacial score (nSPS) is 15.4. The van der Waals surface area contributed by atoms with Crippen LogP contribution in [0.15, 0.2) is 42.5 Å². The van der Waals surface area contributed by atoms with Gasteiger partial charge in [0.2, 0.25) is 0 Å². The number of hydrogen-bond acceptors (Lipinski definition) is 4. The number of rotatable bonds is 5. The summed E-state index contributed by atoms with van der Waals surface area (Å²) in [7, 11) is 0. The van der Waals surface area contributed by atoms with Gasteiger partial charge < -0.3 is 15.5 Å². The van der Waals surface area contributed by atoms with Crippen molar-refractivity contribution in [3.05, 3.63) is 65.0 Å². The van der Waals surface area contributed by atoms with Gasteiger partial charge in [-0.2, -0.15) is 0 Å². The maximum absolute atomic E-state index is 14.9. The molecule has 0 aliphatic carbocycles. The first-order valence-electron chi connectivity index (χ1n) is 11.6. The average molecular weight is 435 g/mol. The van der Waals surface area contributed by atoms with Crippen molar-refractivity contribution in [3.63, 3.8) is 0 Å². The third kappa shape index (κ3) is 5.39. The number of pyridine rings is 1. The van der Waals surface area contributed by atoms with Crippen molar-refractivity contribution in [2.75, 3.05) is 23.3 Å². The zero-order chi connectivity index (χ0) is 22.9. The second-order valence-electron chi connectivity index (χ2n) is 10.2. The molecule has 1 saturated heterocycles. The number of halogens is 1. The Kier molecular flexibility index (Phi) is 6.38. The molecule has 2 aromatic carbocycles. The first kappa shape index (κ1) is 22.5. The van der Waals surface area contributed by atoms with Crippen LogP contribution in [-0.4, -0.2) is 29.7 Å². The lowest BCUT2D eigenvalue weighted by Crippen LogP contribution is -2.49. The largest absolute Gasteiger partial charge is 0.371 e. The first-order valence-corrected chi connectivity index (χ1v) is 11.6.